The molecule has 0 fully saturated rings. The first-order valence-corrected chi connectivity index (χ1v) is 8.73. The predicted octanol–water partition coefficient (Wildman–Crippen LogP) is 5.39. The standard InChI is InChI=1S/C19H17Cl2NO3/c1-3-24-19(23)11(2)13-5-7-17-16(10-13)22-18(25-17)9-12-4-6-14(20)15(21)8-12/h4-8,10-11H,3,9H2,1-2H3. The fourth-order valence-electron chi connectivity index (χ4n) is 2.56. The van der Waals surface area contributed by atoms with Crippen molar-refractivity contribution in [1.82, 2.24) is 4.98 Å². The number of ether oxygens (including phenoxy) is 1. The Bertz CT molecular complexity index is 920. The van der Waals surface area contributed by atoms with Crippen LogP contribution in [-0.2, 0) is 16.0 Å². The van der Waals surface area contributed by atoms with E-state index in [0.29, 0.717) is 40.1 Å². The van der Waals surface area contributed by atoms with Crippen LogP contribution in [0.15, 0.2) is 40.8 Å². The quantitative estimate of drug-likeness (QED) is 0.559. The Hall–Kier alpha value is -2.04. The highest BCUT2D eigenvalue weighted by molar-refractivity contribution is 6.42. The topological polar surface area (TPSA) is 52.3 Å². The van der Waals surface area contributed by atoms with Gasteiger partial charge in [-0.1, -0.05) is 35.3 Å². The third kappa shape index (κ3) is 3.97. The summed E-state index contributed by atoms with van der Waals surface area (Å²) in [7, 11) is 0. The van der Waals surface area contributed by atoms with E-state index in [0.717, 1.165) is 11.1 Å². The molecule has 3 rings (SSSR count). The van der Waals surface area contributed by atoms with Crippen molar-refractivity contribution in [2.75, 3.05) is 6.61 Å². The van der Waals surface area contributed by atoms with Gasteiger partial charge in [0, 0.05) is 6.42 Å². The number of esters is 1. The molecule has 0 aliphatic heterocycles. The fourth-order valence-corrected chi connectivity index (χ4v) is 2.89. The number of fused-ring (bicyclic) bond motifs is 1. The third-order valence-corrected chi connectivity index (χ3v) is 4.67. The number of aromatic nitrogens is 1. The van der Waals surface area contributed by atoms with Gasteiger partial charge in [0.1, 0.15) is 5.52 Å². The molecule has 0 bridgehead atoms. The van der Waals surface area contributed by atoms with E-state index >= 15 is 0 Å². The van der Waals surface area contributed by atoms with Crippen molar-refractivity contribution in [3.05, 3.63) is 63.5 Å². The lowest BCUT2D eigenvalue weighted by molar-refractivity contribution is -0.144. The minimum atomic E-state index is -0.348. The van der Waals surface area contributed by atoms with Crippen molar-refractivity contribution in [3.8, 4) is 0 Å². The highest BCUT2D eigenvalue weighted by Crippen LogP contribution is 2.26. The van der Waals surface area contributed by atoms with Crippen molar-refractivity contribution in [1.29, 1.82) is 0 Å². The first kappa shape index (κ1) is 17.8. The number of nitrogens with zero attached hydrogens (tertiary/aromatic N) is 1. The number of halogens is 2. The minimum absolute atomic E-state index is 0.249. The maximum Gasteiger partial charge on any atom is 0.313 e. The molecule has 1 aromatic heterocycles. The van der Waals surface area contributed by atoms with Crippen molar-refractivity contribution >= 4 is 40.3 Å². The Labute approximate surface area is 155 Å². The van der Waals surface area contributed by atoms with Crippen LogP contribution in [0.2, 0.25) is 10.0 Å². The largest absolute Gasteiger partial charge is 0.466 e. The number of benzene rings is 2. The van der Waals surface area contributed by atoms with Gasteiger partial charge < -0.3 is 9.15 Å². The molecule has 0 N–H and O–H groups in total. The smallest absolute Gasteiger partial charge is 0.313 e. The average Bonchev–Trinajstić information content (AvgIpc) is 2.99. The Balaban J connectivity index is 1.84. The molecule has 1 unspecified atom stereocenters. The van der Waals surface area contributed by atoms with Crippen LogP contribution < -0.4 is 0 Å². The van der Waals surface area contributed by atoms with E-state index in [-0.39, 0.29) is 11.9 Å². The van der Waals surface area contributed by atoms with Gasteiger partial charge in [-0.2, -0.15) is 0 Å². The zero-order valence-corrected chi connectivity index (χ0v) is 15.4. The van der Waals surface area contributed by atoms with Crippen molar-refractivity contribution in [3.63, 3.8) is 0 Å². The van der Waals surface area contributed by atoms with Crippen LogP contribution >= 0.6 is 23.2 Å². The summed E-state index contributed by atoms with van der Waals surface area (Å²) in [5.74, 6) is -0.0183. The number of carbonyl (C=O) groups is 1. The van der Waals surface area contributed by atoms with Crippen LogP contribution in [0.3, 0.4) is 0 Å². The lowest BCUT2D eigenvalue weighted by Gasteiger charge is -2.10. The zero-order valence-electron chi connectivity index (χ0n) is 13.9. The SMILES string of the molecule is CCOC(=O)C(C)c1ccc2oc(Cc3ccc(Cl)c(Cl)c3)nc2c1. The molecule has 1 heterocycles. The number of oxazole rings is 1. The fraction of sp³-hybridized carbons (Fsp3) is 0.263. The third-order valence-electron chi connectivity index (χ3n) is 3.94. The van der Waals surface area contributed by atoms with E-state index in [2.05, 4.69) is 4.98 Å². The molecule has 130 valence electrons. The van der Waals surface area contributed by atoms with Crippen LogP contribution in [0.4, 0.5) is 0 Å². The molecule has 0 saturated heterocycles. The van der Waals surface area contributed by atoms with E-state index in [1.807, 2.05) is 31.2 Å². The molecule has 0 spiro atoms. The molecule has 0 aliphatic rings. The Kier molecular flexibility index (Phi) is 5.30. The minimum Gasteiger partial charge on any atom is -0.466 e. The molecule has 0 amide bonds. The number of carbonyl (C=O) groups excluding carboxylic acids is 1. The van der Waals surface area contributed by atoms with Crippen LogP contribution in [0.25, 0.3) is 11.1 Å². The van der Waals surface area contributed by atoms with Crippen molar-refractivity contribution < 1.29 is 13.9 Å². The molecule has 0 aliphatic carbocycles. The zero-order chi connectivity index (χ0) is 18.0. The molecule has 0 saturated carbocycles. The van der Waals surface area contributed by atoms with E-state index in [9.17, 15) is 4.79 Å². The molecule has 4 nitrogen and oxygen atoms in total. The van der Waals surface area contributed by atoms with Gasteiger partial charge in [-0.25, -0.2) is 4.98 Å². The summed E-state index contributed by atoms with van der Waals surface area (Å²) in [6.45, 7) is 3.97. The Morgan fingerprint density at radius 1 is 1.20 bits per heavy atom. The van der Waals surface area contributed by atoms with Gasteiger partial charge in [-0.3, -0.25) is 4.79 Å². The van der Waals surface area contributed by atoms with Crippen LogP contribution in [0.1, 0.15) is 36.8 Å². The van der Waals surface area contributed by atoms with Gasteiger partial charge in [0.05, 0.1) is 22.6 Å². The van der Waals surface area contributed by atoms with Crippen LogP contribution in [0, 0.1) is 0 Å². The van der Waals surface area contributed by atoms with Gasteiger partial charge in [-0.15, -0.1) is 0 Å². The highest BCUT2D eigenvalue weighted by Gasteiger charge is 2.18. The molecular weight excluding hydrogens is 361 g/mol. The van der Waals surface area contributed by atoms with Crippen molar-refractivity contribution in [2.45, 2.75) is 26.2 Å². The van der Waals surface area contributed by atoms with E-state index in [1.165, 1.54) is 0 Å². The Morgan fingerprint density at radius 3 is 2.72 bits per heavy atom. The number of hydrogen-bond donors (Lipinski definition) is 0. The van der Waals surface area contributed by atoms with E-state index in [1.54, 1.807) is 19.1 Å². The second-order valence-electron chi connectivity index (χ2n) is 5.73. The average molecular weight is 378 g/mol. The summed E-state index contributed by atoms with van der Waals surface area (Å²) in [4.78, 5) is 16.4. The Morgan fingerprint density at radius 2 is 2.00 bits per heavy atom. The molecule has 1 atom stereocenters. The normalized spacial score (nSPS) is 12.3. The first-order chi connectivity index (χ1) is 12.0. The molecule has 3 aromatic rings. The molecule has 0 radical (unpaired) electrons. The second-order valence-corrected chi connectivity index (χ2v) is 6.55. The van der Waals surface area contributed by atoms with Gasteiger partial charge in [-0.05, 0) is 49.2 Å². The molecular formula is C19H17Cl2NO3. The number of hydrogen-bond acceptors (Lipinski definition) is 4. The lowest BCUT2D eigenvalue weighted by Crippen LogP contribution is -2.12. The number of rotatable bonds is 5. The highest BCUT2D eigenvalue weighted by atomic mass is 35.5. The van der Waals surface area contributed by atoms with E-state index < -0.39 is 0 Å². The molecule has 2 aromatic carbocycles. The summed E-state index contributed by atoms with van der Waals surface area (Å²) < 4.78 is 10.9. The van der Waals surface area contributed by atoms with Crippen LogP contribution in [0.5, 0.6) is 0 Å². The maximum atomic E-state index is 11.9. The summed E-state index contributed by atoms with van der Waals surface area (Å²) in [5, 5.41) is 1.02. The summed E-state index contributed by atoms with van der Waals surface area (Å²) >= 11 is 12.0. The van der Waals surface area contributed by atoms with Crippen molar-refractivity contribution in [2.24, 2.45) is 0 Å². The molecule has 25 heavy (non-hydrogen) atoms. The summed E-state index contributed by atoms with van der Waals surface area (Å²) in [6.07, 6.45) is 0.508. The first-order valence-electron chi connectivity index (χ1n) is 7.98. The monoisotopic (exact) mass is 377 g/mol. The van der Waals surface area contributed by atoms with Gasteiger partial charge in [0.25, 0.3) is 0 Å². The van der Waals surface area contributed by atoms with Crippen LogP contribution in [-0.4, -0.2) is 17.6 Å². The summed E-state index contributed by atoms with van der Waals surface area (Å²) in [5.41, 5.74) is 3.19. The maximum absolute atomic E-state index is 11.9. The predicted molar refractivity (Wildman–Crippen MR) is 98.3 cm³/mol. The lowest BCUT2D eigenvalue weighted by atomic mass is 10.0. The summed E-state index contributed by atoms with van der Waals surface area (Å²) in [6, 6.07) is 11.0. The van der Waals surface area contributed by atoms with E-state index in [4.69, 9.17) is 32.4 Å². The molecule has 6 heteroatoms. The van der Waals surface area contributed by atoms with Gasteiger partial charge >= 0.3 is 5.97 Å². The van der Waals surface area contributed by atoms with Gasteiger partial charge in [0.2, 0.25) is 0 Å². The second kappa shape index (κ2) is 7.46. The van der Waals surface area contributed by atoms with Gasteiger partial charge in [0.15, 0.2) is 11.5 Å².